The minimum atomic E-state index is -0.537. The molecule has 0 aliphatic carbocycles. The Hall–Kier alpha value is -1.60. The molecule has 8 heteroatoms. The number of ether oxygens (including phenoxy) is 1. The van der Waals surface area contributed by atoms with Crippen LogP contribution in [0.3, 0.4) is 0 Å². The second-order valence-electron chi connectivity index (χ2n) is 6.17. The normalized spacial score (nSPS) is 19.2. The number of hydrogen-bond donors (Lipinski definition) is 1. The van der Waals surface area contributed by atoms with Crippen LogP contribution >= 0.6 is 11.6 Å². The maximum atomic E-state index is 12.1. The molecule has 1 aliphatic heterocycles. The highest BCUT2D eigenvalue weighted by Gasteiger charge is 2.32. The molecular formula is C14H21ClN4O3. The van der Waals surface area contributed by atoms with Crippen molar-refractivity contribution in [1.82, 2.24) is 15.1 Å². The number of aliphatic hydroxyl groups excluding tert-OH is 1. The Morgan fingerprint density at radius 3 is 2.68 bits per heavy atom. The Balaban J connectivity index is 2.05. The van der Waals surface area contributed by atoms with Crippen molar-refractivity contribution in [2.75, 3.05) is 31.1 Å². The minimum absolute atomic E-state index is 0.0936. The quantitative estimate of drug-likeness (QED) is 0.887. The molecule has 7 nitrogen and oxygen atoms in total. The number of aromatic nitrogens is 2. The molecule has 2 rings (SSSR count). The summed E-state index contributed by atoms with van der Waals surface area (Å²) in [6.07, 6.45) is -0.368. The molecular weight excluding hydrogens is 308 g/mol. The highest BCUT2D eigenvalue weighted by Crippen LogP contribution is 2.20. The van der Waals surface area contributed by atoms with Crippen LogP contribution in [0.2, 0.25) is 5.15 Å². The van der Waals surface area contributed by atoms with Crippen LogP contribution in [0.25, 0.3) is 0 Å². The molecule has 2 heterocycles. The number of carbonyl (C=O) groups excluding carboxylic acids is 1. The van der Waals surface area contributed by atoms with Crippen LogP contribution < -0.4 is 4.90 Å². The van der Waals surface area contributed by atoms with Crippen molar-refractivity contribution in [1.29, 1.82) is 0 Å². The number of rotatable bonds is 2. The third-order valence-electron chi connectivity index (χ3n) is 3.26. The number of carbonyl (C=O) groups is 1. The first kappa shape index (κ1) is 16.8. The van der Waals surface area contributed by atoms with Crippen LogP contribution in [0.5, 0.6) is 0 Å². The van der Waals surface area contributed by atoms with Gasteiger partial charge >= 0.3 is 6.09 Å². The van der Waals surface area contributed by atoms with Crippen molar-refractivity contribution in [2.24, 2.45) is 0 Å². The molecule has 1 fully saturated rings. The number of anilines is 1. The summed E-state index contributed by atoms with van der Waals surface area (Å²) in [5.74, 6) is 0.632. The Bertz CT molecular complexity index is 518. The van der Waals surface area contributed by atoms with E-state index in [1.54, 1.807) is 17.0 Å². The number of aliphatic hydroxyl groups is 1. The number of nitrogens with zero attached hydrogens (tertiary/aromatic N) is 4. The summed E-state index contributed by atoms with van der Waals surface area (Å²) in [4.78, 5) is 15.6. The zero-order valence-corrected chi connectivity index (χ0v) is 13.7. The monoisotopic (exact) mass is 328 g/mol. The minimum Gasteiger partial charge on any atom is -0.444 e. The van der Waals surface area contributed by atoms with Crippen LogP contribution in [0.4, 0.5) is 10.6 Å². The molecule has 1 aliphatic rings. The zero-order valence-electron chi connectivity index (χ0n) is 13.0. The van der Waals surface area contributed by atoms with Gasteiger partial charge in [0.05, 0.1) is 12.6 Å². The van der Waals surface area contributed by atoms with Gasteiger partial charge in [-0.15, -0.1) is 10.2 Å². The fourth-order valence-corrected chi connectivity index (χ4v) is 2.37. The summed E-state index contributed by atoms with van der Waals surface area (Å²) in [7, 11) is 0. The number of hydrogen-bond acceptors (Lipinski definition) is 6. The van der Waals surface area contributed by atoms with Gasteiger partial charge in [-0.25, -0.2) is 4.79 Å². The lowest BCUT2D eigenvalue weighted by Crippen LogP contribution is -2.57. The second-order valence-corrected chi connectivity index (χ2v) is 6.56. The predicted molar refractivity (Wildman–Crippen MR) is 83.1 cm³/mol. The van der Waals surface area contributed by atoms with Crippen molar-refractivity contribution in [3.8, 4) is 0 Å². The lowest BCUT2D eigenvalue weighted by Gasteiger charge is -2.41. The Morgan fingerprint density at radius 1 is 1.41 bits per heavy atom. The third-order valence-corrected chi connectivity index (χ3v) is 3.46. The van der Waals surface area contributed by atoms with Crippen molar-refractivity contribution in [3.05, 3.63) is 17.3 Å². The van der Waals surface area contributed by atoms with Crippen LogP contribution in [0.1, 0.15) is 20.8 Å². The van der Waals surface area contributed by atoms with E-state index in [2.05, 4.69) is 10.2 Å². The number of amides is 1. The summed E-state index contributed by atoms with van der Waals surface area (Å²) >= 11 is 5.74. The third kappa shape index (κ3) is 4.20. The van der Waals surface area contributed by atoms with Gasteiger partial charge in [0.2, 0.25) is 0 Å². The summed E-state index contributed by atoms with van der Waals surface area (Å²) in [5.41, 5.74) is -0.537. The Kier molecular flexibility index (Phi) is 5.08. The molecule has 1 saturated heterocycles. The highest BCUT2D eigenvalue weighted by atomic mass is 35.5. The van der Waals surface area contributed by atoms with E-state index < -0.39 is 5.60 Å². The molecule has 0 radical (unpaired) electrons. The van der Waals surface area contributed by atoms with Crippen LogP contribution in [0.15, 0.2) is 12.1 Å². The summed E-state index contributed by atoms with van der Waals surface area (Å²) in [6, 6.07) is 3.15. The van der Waals surface area contributed by atoms with Crippen molar-refractivity contribution in [2.45, 2.75) is 32.4 Å². The van der Waals surface area contributed by atoms with Gasteiger partial charge in [0.25, 0.3) is 0 Å². The fourth-order valence-electron chi connectivity index (χ4n) is 2.27. The van der Waals surface area contributed by atoms with Crippen molar-refractivity contribution in [3.63, 3.8) is 0 Å². The van der Waals surface area contributed by atoms with E-state index in [4.69, 9.17) is 16.3 Å². The van der Waals surface area contributed by atoms with E-state index in [-0.39, 0.29) is 18.7 Å². The molecule has 1 atom stereocenters. The summed E-state index contributed by atoms with van der Waals surface area (Å²) < 4.78 is 5.37. The van der Waals surface area contributed by atoms with Gasteiger partial charge < -0.3 is 19.6 Å². The van der Waals surface area contributed by atoms with Crippen LogP contribution in [0, 0.1) is 0 Å². The number of piperazine rings is 1. The molecule has 0 aromatic carbocycles. The molecule has 1 amide bonds. The topological polar surface area (TPSA) is 78.8 Å². The molecule has 1 aromatic rings. The molecule has 0 saturated carbocycles. The Morgan fingerprint density at radius 2 is 2.14 bits per heavy atom. The van der Waals surface area contributed by atoms with Crippen molar-refractivity contribution >= 4 is 23.5 Å². The van der Waals surface area contributed by atoms with Gasteiger partial charge in [-0.2, -0.15) is 0 Å². The molecule has 1 aromatic heterocycles. The van der Waals surface area contributed by atoms with Crippen LogP contribution in [-0.2, 0) is 4.74 Å². The maximum Gasteiger partial charge on any atom is 0.410 e. The summed E-state index contributed by atoms with van der Waals surface area (Å²) in [5, 5.41) is 17.8. The molecule has 122 valence electrons. The fraction of sp³-hybridized carbons (Fsp3) is 0.643. The van der Waals surface area contributed by atoms with Gasteiger partial charge in [-0.3, -0.25) is 0 Å². The smallest absolute Gasteiger partial charge is 0.410 e. The van der Waals surface area contributed by atoms with Gasteiger partial charge in [-0.05, 0) is 32.9 Å². The maximum absolute atomic E-state index is 12.1. The second kappa shape index (κ2) is 6.66. The van der Waals surface area contributed by atoms with E-state index in [0.29, 0.717) is 30.6 Å². The molecule has 1 N–H and O–H groups in total. The SMILES string of the molecule is CC(C)(C)OC(=O)N1CCN(c2ccc(Cl)nn2)[C@H](CO)C1. The van der Waals surface area contributed by atoms with Gasteiger partial charge in [0, 0.05) is 19.6 Å². The number of halogens is 1. The molecule has 0 spiro atoms. The molecule has 0 bridgehead atoms. The van der Waals surface area contributed by atoms with Crippen LogP contribution in [-0.4, -0.2) is 64.2 Å². The standard InChI is InChI=1S/C14H21ClN4O3/c1-14(2,3)22-13(21)18-6-7-19(10(8-18)9-20)12-5-4-11(15)16-17-12/h4-5,10,20H,6-9H2,1-3H3/t10-/m0/s1. The summed E-state index contributed by atoms with van der Waals surface area (Å²) in [6.45, 7) is 6.80. The van der Waals surface area contributed by atoms with E-state index >= 15 is 0 Å². The lowest BCUT2D eigenvalue weighted by atomic mass is 10.1. The first-order chi connectivity index (χ1) is 10.3. The first-order valence-corrected chi connectivity index (χ1v) is 7.52. The van der Waals surface area contributed by atoms with E-state index in [1.165, 1.54) is 0 Å². The van der Waals surface area contributed by atoms with E-state index in [9.17, 15) is 9.90 Å². The average molecular weight is 329 g/mol. The van der Waals surface area contributed by atoms with Crippen molar-refractivity contribution < 1.29 is 14.6 Å². The lowest BCUT2D eigenvalue weighted by molar-refractivity contribution is 0.0197. The zero-order chi connectivity index (χ0) is 16.3. The molecule has 22 heavy (non-hydrogen) atoms. The average Bonchev–Trinajstić information content (AvgIpc) is 2.45. The van der Waals surface area contributed by atoms with E-state index in [1.807, 2.05) is 25.7 Å². The first-order valence-electron chi connectivity index (χ1n) is 7.15. The largest absolute Gasteiger partial charge is 0.444 e. The van der Waals surface area contributed by atoms with E-state index in [0.717, 1.165) is 0 Å². The predicted octanol–water partition coefficient (Wildman–Crippen LogP) is 1.55. The van der Waals surface area contributed by atoms with Gasteiger partial charge in [0.15, 0.2) is 11.0 Å². The highest BCUT2D eigenvalue weighted by molar-refractivity contribution is 6.29. The van der Waals surface area contributed by atoms with Gasteiger partial charge in [-0.1, -0.05) is 11.6 Å². The van der Waals surface area contributed by atoms with Gasteiger partial charge in [0.1, 0.15) is 5.60 Å². The Labute approximate surface area is 134 Å². The molecule has 0 unspecified atom stereocenters.